The van der Waals surface area contributed by atoms with Gasteiger partial charge in [-0.2, -0.15) is 13.1 Å². The molecule has 0 saturated heterocycles. The molecule has 0 spiro atoms. The average molecular weight is 585 g/mol. The molecule has 37 heavy (non-hydrogen) atoms. The summed E-state index contributed by atoms with van der Waals surface area (Å²) in [5.74, 6) is -0.0359. The molecule has 14 heteroatoms. The van der Waals surface area contributed by atoms with Gasteiger partial charge in [-0.15, -0.1) is 11.3 Å². The van der Waals surface area contributed by atoms with Crippen molar-refractivity contribution in [1.29, 1.82) is 0 Å². The van der Waals surface area contributed by atoms with Crippen LogP contribution in [0.5, 0.6) is 0 Å². The van der Waals surface area contributed by atoms with Gasteiger partial charge in [0, 0.05) is 36.4 Å². The summed E-state index contributed by atoms with van der Waals surface area (Å²) < 4.78 is 31.0. The second-order valence-corrected chi connectivity index (χ2v) is 12.4. The van der Waals surface area contributed by atoms with Crippen LogP contribution in [-0.2, 0) is 21.0 Å². The van der Waals surface area contributed by atoms with E-state index in [1.165, 1.54) is 30.9 Å². The fourth-order valence-electron chi connectivity index (χ4n) is 4.63. The van der Waals surface area contributed by atoms with Crippen molar-refractivity contribution in [1.82, 2.24) is 20.0 Å². The van der Waals surface area contributed by atoms with Crippen LogP contribution in [0.25, 0.3) is 0 Å². The van der Waals surface area contributed by atoms with Gasteiger partial charge in [0.1, 0.15) is 18.2 Å². The summed E-state index contributed by atoms with van der Waals surface area (Å²) in [4.78, 5) is 22.2. The number of thiophene rings is 1. The van der Waals surface area contributed by atoms with Gasteiger partial charge in [0.2, 0.25) is 5.78 Å². The van der Waals surface area contributed by atoms with Gasteiger partial charge in [-0.05, 0) is 42.2 Å². The van der Waals surface area contributed by atoms with E-state index in [4.69, 9.17) is 27.4 Å². The molecule has 3 heterocycles. The van der Waals surface area contributed by atoms with E-state index in [1.54, 1.807) is 6.07 Å². The molecule has 0 radical (unpaired) electrons. The lowest BCUT2D eigenvalue weighted by Gasteiger charge is -2.15. The number of carbonyl (C=O) groups is 1. The topological polar surface area (TPSA) is 143 Å². The molecule has 1 aromatic carbocycles. The van der Waals surface area contributed by atoms with E-state index in [9.17, 15) is 18.3 Å². The van der Waals surface area contributed by atoms with E-state index in [0.717, 1.165) is 16.7 Å². The van der Waals surface area contributed by atoms with Crippen LogP contribution in [-0.4, -0.2) is 54.6 Å². The number of ketones is 1. The number of rotatable bonds is 8. The molecule has 1 fully saturated rings. The maximum atomic E-state index is 13.5. The number of halogens is 2. The number of anilines is 1. The summed E-state index contributed by atoms with van der Waals surface area (Å²) in [6, 6.07) is 6.93. The molecule has 10 nitrogen and oxygen atoms in total. The average Bonchev–Trinajstić information content (AvgIpc) is 3.55. The van der Waals surface area contributed by atoms with Gasteiger partial charge < -0.3 is 15.7 Å². The van der Waals surface area contributed by atoms with Crippen LogP contribution < -0.4 is 15.4 Å². The predicted molar refractivity (Wildman–Crippen MR) is 140 cm³/mol. The van der Waals surface area contributed by atoms with Crippen molar-refractivity contribution in [2.45, 2.75) is 43.7 Å². The van der Waals surface area contributed by atoms with Gasteiger partial charge in [0.15, 0.2) is 0 Å². The van der Waals surface area contributed by atoms with Crippen LogP contribution in [0.15, 0.2) is 36.8 Å². The maximum Gasteiger partial charge on any atom is 0.335 e. The standard InChI is InChI=1S/C23H23Cl2N5O5S2/c1-26-37(33,34)35-18-6-13(5-17(18)31)30-23-16(9-27-10-29-23)21(32)19-7-15(22(25)36-19)20-14-4-12(24)3-2-11(14)8-28-20/h2-4,7,9-10,13,17-18,20,26,28,31H,5-6,8H2,1H3,(H,27,29,30)/t13-,17+,18-,20+/m1/s1. The minimum absolute atomic E-state index is 0.186. The number of aliphatic hydroxyl groups is 1. The third kappa shape index (κ3) is 5.52. The third-order valence-corrected chi connectivity index (χ3v) is 9.06. The predicted octanol–water partition coefficient (Wildman–Crippen LogP) is 3.05. The fourth-order valence-corrected chi connectivity index (χ4v) is 6.73. The number of nitrogens with zero attached hydrogens (tertiary/aromatic N) is 2. The molecule has 2 aromatic heterocycles. The number of hydrogen-bond donors (Lipinski definition) is 4. The zero-order valence-corrected chi connectivity index (χ0v) is 22.6. The summed E-state index contributed by atoms with van der Waals surface area (Å²) >= 11 is 14.0. The summed E-state index contributed by atoms with van der Waals surface area (Å²) in [7, 11) is -2.73. The zero-order chi connectivity index (χ0) is 26.3. The van der Waals surface area contributed by atoms with Gasteiger partial charge in [-0.25, -0.2) is 9.97 Å². The number of nitrogens with one attached hydrogen (secondary N) is 3. The van der Waals surface area contributed by atoms with E-state index in [2.05, 4.69) is 25.3 Å². The number of carbonyl (C=O) groups excluding carboxylic acids is 1. The monoisotopic (exact) mass is 583 g/mol. The minimum Gasteiger partial charge on any atom is -0.390 e. The Balaban J connectivity index is 1.36. The first-order valence-electron chi connectivity index (χ1n) is 11.4. The lowest BCUT2D eigenvalue weighted by atomic mass is 10.00. The lowest BCUT2D eigenvalue weighted by molar-refractivity contribution is 0.0636. The van der Waals surface area contributed by atoms with Crippen molar-refractivity contribution >= 4 is 56.4 Å². The van der Waals surface area contributed by atoms with Crippen LogP contribution in [0.4, 0.5) is 5.82 Å². The molecule has 1 aliphatic heterocycles. The number of benzene rings is 1. The van der Waals surface area contributed by atoms with Crippen molar-refractivity contribution in [3.8, 4) is 0 Å². The fraction of sp³-hybridized carbons (Fsp3) is 0.348. The number of fused-ring (bicyclic) bond motifs is 1. The molecule has 4 N–H and O–H groups in total. The highest BCUT2D eigenvalue weighted by atomic mass is 35.5. The zero-order valence-electron chi connectivity index (χ0n) is 19.4. The maximum absolute atomic E-state index is 13.5. The molecule has 0 unspecified atom stereocenters. The SMILES string of the molecule is CNS(=O)(=O)O[C@@H]1C[C@H](Nc2ncncc2C(=O)c2cc([C@H]3NCc4ccc(Cl)cc43)c(Cl)s2)C[C@@H]1O. The van der Waals surface area contributed by atoms with Crippen LogP contribution >= 0.6 is 34.5 Å². The highest BCUT2D eigenvalue weighted by Gasteiger charge is 2.37. The molecule has 0 bridgehead atoms. The molecule has 1 saturated carbocycles. The van der Waals surface area contributed by atoms with Crippen LogP contribution in [0, 0.1) is 0 Å². The van der Waals surface area contributed by atoms with E-state index >= 15 is 0 Å². The highest BCUT2D eigenvalue weighted by molar-refractivity contribution is 7.84. The first kappa shape index (κ1) is 26.4. The Bertz CT molecular complexity index is 1450. The minimum atomic E-state index is -3.96. The van der Waals surface area contributed by atoms with E-state index in [1.807, 2.05) is 18.2 Å². The highest BCUT2D eigenvalue weighted by Crippen LogP contribution is 2.40. The summed E-state index contributed by atoms with van der Waals surface area (Å²) in [6.07, 6.45) is 1.20. The Kier molecular flexibility index (Phi) is 7.53. The quantitative estimate of drug-likeness (QED) is 0.294. The molecular formula is C23H23Cl2N5O5S2. The van der Waals surface area contributed by atoms with Gasteiger partial charge in [0.05, 0.1) is 26.9 Å². The van der Waals surface area contributed by atoms with E-state index in [0.29, 0.717) is 20.8 Å². The molecule has 5 rings (SSSR count). The normalized spacial score (nSPS) is 23.2. The Morgan fingerprint density at radius 2 is 2.05 bits per heavy atom. The number of aliphatic hydroxyl groups excluding tert-OH is 1. The Hall–Kier alpha value is -2.16. The Morgan fingerprint density at radius 1 is 1.24 bits per heavy atom. The van der Waals surface area contributed by atoms with Crippen molar-refractivity contribution < 1.29 is 22.5 Å². The first-order valence-corrected chi connectivity index (χ1v) is 14.3. The summed E-state index contributed by atoms with van der Waals surface area (Å²) in [5.41, 5.74) is 3.16. The molecule has 0 amide bonds. The molecule has 196 valence electrons. The van der Waals surface area contributed by atoms with Crippen LogP contribution in [0.2, 0.25) is 9.36 Å². The summed E-state index contributed by atoms with van der Waals surface area (Å²) in [5, 5.41) is 17.5. The smallest absolute Gasteiger partial charge is 0.335 e. The molecule has 4 atom stereocenters. The molecule has 1 aliphatic carbocycles. The molecular weight excluding hydrogens is 561 g/mol. The number of hydrogen-bond acceptors (Lipinski definition) is 10. The Labute approximate surface area is 227 Å². The van der Waals surface area contributed by atoms with Gasteiger partial charge >= 0.3 is 10.3 Å². The van der Waals surface area contributed by atoms with Crippen molar-refractivity contribution in [3.63, 3.8) is 0 Å². The second kappa shape index (κ2) is 10.5. The van der Waals surface area contributed by atoms with Crippen LogP contribution in [0.3, 0.4) is 0 Å². The van der Waals surface area contributed by atoms with Crippen molar-refractivity contribution in [3.05, 3.63) is 73.3 Å². The Morgan fingerprint density at radius 3 is 2.84 bits per heavy atom. The molecule has 3 aromatic rings. The lowest BCUT2D eigenvalue weighted by Crippen LogP contribution is -2.31. The van der Waals surface area contributed by atoms with Gasteiger partial charge in [-0.3, -0.25) is 8.98 Å². The van der Waals surface area contributed by atoms with Gasteiger partial charge in [0.25, 0.3) is 0 Å². The second-order valence-electron chi connectivity index (χ2n) is 8.78. The largest absolute Gasteiger partial charge is 0.390 e. The number of aromatic nitrogens is 2. The third-order valence-electron chi connectivity index (χ3n) is 6.43. The first-order chi connectivity index (χ1) is 17.6. The van der Waals surface area contributed by atoms with Crippen molar-refractivity contribution in [2.24, 2.45) is 0 Å². The van der Waals surface area contributed by atoms with Crippen molar-refractivity contribution in [2.75, 3.05) is 12.4 Å². The van der Waals surface area contributed by atoms with Gasteiger partial charge in [-0.1, -0.05) is 29.3 Å². The van der Waals surface area contributed by atoms with Crippen LogP contribution in [0.1, 0.15) is 50.8 Å². The van der Waals surface area contributed by atoms with E-state index in [-0.39, 0.29) is 42.1 Å². The molecule has 2 aliphatic rings. The van der Waals surface area contributed by atoms with E-state index < -0.39 is 22.5 Å². The summed E-state index contributed by atoms with van der Waals surface area (Å²) in [6.45, 7) is 0.667.